The number of carbonyl (C=O) groups is 1. The molecule has 3 atom stereocenters. The molecule has 0 radical (unpaired) electrons. The van der Waals surface area contributed by atoms with Gasteiger partial charge in [0.2, 0.25) is 10.0 Å². The molecule has 8 heteroatoms. The Kier molecular flexibility index (Phi) is 6.36. The molecule has 0 aliphatic carbocycles. The Morgan fingerprint density at radius 1 is 1.07 bits per heavy atom. The smallest absolute Gasteiger partial charge is 0.251 e. The predicted octanol–water partition coefficient (Wildman–Crippen LogP) is 3.11. The molecule has 0 bridgehead atoms. The van der Waals surface area contributed by atoms with E-state index in [0.717, 1.165) is 5.56 Å². The number of morpholine rings is 1. The molecule has 1 aliphatic heterocycles. The van der Waals surface area contributed by atoms with Crippen LogP contribution in [0.1, 0.15) is 42.7 Å². The molecular weight excluding hydrogens is 395 g/mol. The molecule has 29 heavy (non-hydrogen) atoms. The van der Waals surface area contributed by atoms with Gasteiger partial charge in [-0.2, -0.15) is 4.31 Å². The van der Waals surface area contributed by atoms with Gasteiger partial charge in [-0.25, -0.2) is 12.8 Å². The van der Waals surface area contributed by atoms with Crippen LogP contribution in [0.15, 0.2) is 53.4 Å². The van der Waals surface area contributed by atoms with E-state index >= 15 is 0 Å². The first-order chi connectivity index (χ1) is 13.7. The number of rotatable bonds is 5. The van der Waals surface area contributed by atoms with Gasteiger partial charge in [0.1, 0.15) is 5.82 Å². The molecule has 1 amide bonds. The Labute approximate surface area is 170 Å². The van der Waals surface area contributed by atoms with Crippen LogP contribution in [0, 0.1) is 5.82 Å². The van der Waals surface area contributed by atoms with Gasteiger partial charge in [0.05, 0.1) is 23.1 Å². The highest BCUT2D eigenvalue weighted by atomic mass is 32.2. The highest BCUT2D eigenvalue weighted by Crippen LogP contribution is 2.22. The van der Waals surface area contributed by atoms with Gasteiger partial charge in [-0.15, -0.1) is 0 Å². The second-order valence-electron chi connectivity index (χ2n) is 7.35. The number of halogens is 1. The molecule has 6 nitrogen and oxygen atoms in total. The van der Waals surface area contributed by atoms with E-state index in [1.165, 1.54) is 40.7 Å². The highest BCUT2D eigenvalue weighted by molar-refractivity contribution is 7.89. The van der Waals surface area contributed by atoms with Gasteiger partial charge in [-0.05, 0) is 62.7 Å². The zero-order valence-corrected chi connectivity index (χ0v) is 17.4. The summed E-state index contributed by atoms with van der Waals surface area (Å²) in [6.07, 6.45) is -0.349. The Hall–Kier alpha value is -2.29. The summed E-state index contributed by atoms with van der Waals surface area (Å²) in [4.78, 5) is 12.6. The number of amides is 1. The summed E-state index contributed by atoms with van der Waals surface area (Å²) in [5.74, 6) is -0.674. The summed E-state index contributed by atoms with van der Waals surface area (Å²) in [5, 5.41) is 2.83. The van der Waals surface area contributed by atoms with E-state index in [2.05, 4.69) is 5.32 Å². The number of nitrogens with one attached hydrogen (secondary N) is 1. The van der Waals surface area contributed by atoms with Gasteiger partial charge in [0, 0.05) is 18.7 Å². The van der Waals surface area contributed by atoms with Gasteiger partial charge < -0.3 is 10.1 Å². The summed E-state index contributed by atoms with van der Waals surface area (Å²) in [5.41, 5.74) is 1.12. The van der Waals surface area contributed by atoms with Gasteiger partial charge >= 0.3 is 0 Å². The van der Waals surface area contributed by atoms with E-state index in [9.17, 15) is 17.6 Å². The maximum atomic E-state index is 13.0. The Morgan fingerprint density at radius 2 is 1.62 bits per heavy atom. The standard InChI is InChI=1S/C21H25FN2O4S/c1-14-12-24(13-15(2)28-14)29(26,27)20-10-6-18(7-11-20)21(25)23-16(3)17-4-8-19(22)9-5-17/h4-11,14-16H,12-13H2,1-3H3,(H,23,25)/t14-,15+,16-/m0/s1. The van der Waals surface area contributed by atoms with Crippen LogP contribution < -0.4 is 5.32 Å². The van der Waals surface area contributed by atoms with Gasteiger partial charge in [-0.3, -0.25) is 4.79 Å². The number of hydrogen-bond donors (Lipinski definition) is 1. The zero-order valence-electron chi connectivity index (χ0n) is 16.6. The summed E-state index contributed by atoms with van der Waals surface area (Å²) in [6, 6.07) is 11.5. The Balaban J connectivity index is 1.70. The fourth-order valence-corrected chi connectivity index (χ4v) is 4.96. The van der Waals surface area contributed by atoms with Crippen molar-refractivity contribution in [3.8, 4) is 0 Å². The van der Waals surface area contributed by atoms with Crippen molar-refractivity contribution in [3.05, 3.63) is 65.5 Å². The first-order valence-electron chi connectivity index (χ1n) is 9.49. The van der Waals surface area contributed by atoms with Crippen LogP contribution in [-0.2, 0) is 14.8 Å². The monoisotopic (exact) mass is 420 g/mol. The second kappa shape index (κ2) is 8.61. The molecule has 156 valence electrons. The van der Waals surface area contributed by atoms with Gasteiger partial charge in [-0.1, -0.05) is 12.1 Å². The molecule has 0 aromatic heterocycles. The fraction of sp³-hybridized carbons (Fsp3) is 0.381. The van der Waals surface area contributed by atoms with Crippen LogP contribution in [0.2, 0.25) is 0 Å². The van der Waals surface area contributed by atoms with Crippen molar-refractivity contribution < 1.29 is 22.3 Å². The van der Waals surface area contributed by atoms with Gasteiger partial charge in [0.25, 0.3) is 5.91 Å². The summed E-state index contributed by atoms with van der Waals surface area (Å²) >= 11 is 0. The maximum absolute atomic E-state index is 13.0. The van der Waals surface area contributed by atoms with Crippen molar-refractivity contribution in [2.75, 3.05) is 13.1 Å². The van der Waals surface area contributed by atoms with E-state index in [1.807, 2.05) is 13.8 Å². The first-order valence-corrected chi connectivity index (χ1v) is 10.9. The topological polar surface area (TPSA) is 75.7 Å². The average Bonchev–Trinajstić information content (AvgIpc) is 2.67. The lowest BCUT2D eigenvalue weighted by molar-refractivity contribution is -0.0440. The quantitative estimate of drug-likeness (QED) is 0.807. The molecule has 3 rings (SSSR count). The fourth-order valence-electron chi connectivity index (χ4n) is 3.37. The predicted molar refractivity (Wildman–Crippen MR) is 107 cm³/mol. The third-order valence-corrected chi connectivity index (χ3v) is 6.70. The van der Waals surface area contributed by atoms with Crippen LogP contribution in [0.3, 0.4) is 0 Å². The molecule has 1 saturated heterocycles. The minimum absolute atomic E-state index is 0.141. The lowest BCUT2D eigenvalue weighted by Crippen LogP contribution is -2.48. The minimum Gasteiger partial charge on any atom is -0.373 e. The molecule has 2 aromatic rings. The molecule has 1 fully saturated rings. The van der Waals surface area contributed by atoms with Crippen molar-refractivity contribution in [1.29, 1.82) is 0 Å². The molecule has 1 N–H and O–H groups in total. The molecule has 1 heterocycles. The van der Waals surface area contributed by atoms with E-state index in [-0.39, 0.29) is 34.9 Å². The number of sulfonamides is 1. The Bertz CT molecular complexity index is 951. The van der Waals surface area contributed by atoms with Crippen molar-refractivity contribution in [2.45, 2.75) is 43.9 Å². The number of carbonyl (C=O) groups excluding carboxylic acids is 1. The third-order valence-electron chi connectivity index (χ3n) is 4.86. The zero-order chi connectivity index (χ0) is 21.2. The van der Waals surface area contributed by atoms with E-state index in [0.29, 0.717) is 18.7 Å². The highest BCUT2D eigenvalue weighted by Gasteiger charge is 2.32. The molecule has 0 saturated carbocycles. The van der Waals surface area contributed by atoms with Crippen LogP contribution in [-0.4, -0.2) is 43.9 Å². The van der Waals surface area contributed by atoms with Crippen LogP contribution in [0.4, 0.5) is 4.39 Å². The normalized spacial score (nSPS) is 21.5. The summed E-state index contributed by atoms with van der Waals surface area (Å²) in [7, 11) is -3.65. The van der Waals surface area contributed by atoms with Crippen LogP contribution in [0.5, 0.6) is 0 Å². The third kappa shape index (κ3) is 5.01. The molecule has 0 spiro atoms. The molecular formula is C21H25FN2O4S. The maximum Gasteiger partial charge on any atom is 0.251 e. The van der Waals surface area contributed by atoms with Crippen molar-refractivity contribution in [2.24, 2.45) is 0 Å². The molecule has 2 aromatic carbocycles. The van der Waals surface area contributed by atoms with E-state index in [4.69, 9.17) is 4.74 Å². The van der Waals surface area contributed by atoms with Crippen LogP contribution in [0.25, 0.3) is 0 Å². The van der Waals surface area contributed by atoms with E-state index < -0.39 is 10.0 Å². The first kappa shape index (κ1) is 21.4. The molecule has 0 unspecified atom stereocenters. The lowest BCUT2D eigenvalue weighted by atomic mass is 10.1. The minimum atomic E-state index is -3.65. The van der Waals surface area contributed by atoms with Crippen LogP contribution >= 0.6 is 0 Å². The lowest BCUT2D eigenvalue weighted by Gasteiger charge is -2.34. The second-order valence-corrected chi connectivity index (χ2v) is 9.29. The largest absolute Gasteiger partial charge is 0.373 e. The van der Waals surface area contributed by atoms with Gasteiger partial charge in [0.15, 0.2) is 0 Å². The summed E-state index contributed by atoms with van der Waals surface area (Å²) in [6.45, 7) is 6.07. The average molecular weight is 421 g/mol. The molecule has 1 aliphatic rings. The number of hydrogen-bond acceptors (Lipinski definition) is 4. The van der Waals surface area contributed by atoms with Crippen molar-refractivity contribution in [3.63, 3.8) is 0 Å². The number of ether oxygens (including phenoxy) is 1. The Morgan fingerprint density at radius 3 is 2.17 bits per heavy atom. The summed E-state index contributed by atoms with van der Waals surface area (Å²) < 4.78 is 45.8. The number of benzene rings is 2. The van der Waals surface area contributed by atoms with Crippen molar-refractivity contribution in [1.82, 2.24) is 9.62 Å². The van der Waals surface area contributed by atoms with E-state index in [1.54, 1.807) is 19.1 Å². The SMILES string of the molecule is C[C@@H]1CN(S(=O)(=O)c2ccc(C(=O)N[C@@H](C)c3ccc(F)cc3)cc2)C[C@H](C)O1. The number of nitrogens with zero attached hydrogens (tertiary/aromatic N) is 1. The van der Waals surface area contributed by atoms with Crippen molar-refractivity contribution >= 4 is 15.9 Å².